The molecule has 1 aromatic heterocycles. The molecule has 122 valence electrons. The van der Waals surface area contributed by atoms with Gasteiger partial charge in [-0.2, -0.15) is 4.98 Å². The number of fused-ring (bicyclic) bond motifs is 1. The lowest BCUT2D eigenvalue weighted by Gasteiger charge is -2.17. The molecule has 0 atom stereocenters. The van der Waals surface area contributed by atoms with Gasteiger partial charge in [0.2, 0.25) is 5.95 Å². The summed E-state index contributed by atoms with van der Waals surface area (Å²) < 4.78 is 0. The number of hydrogen-bond donors (Lipinski definition) is 3. The van der Waals surface area contributed by atoms with E-state index in [0.29, 0.717) is 23.3 Å². The van der Waals surface area contributed by atoms with Crippen LogP contribution in [0.25, 0.3) is 0 Å². The lowest BCUT2D eigenvalue weighted by atomic mass is 9.91. The molecule has 1 aliphatic rings. The van der Waals surface area contributed by atoms with Crippen molar-refractivity contribution in [1.29, 1.82) is 0 Å². The molecule has 1 aliphatic carbocycles. The molecular formula is C17H22ClN5. The normalized spacial score (nSPS) is 13.5. The highest BCUT2D eigenvalue weighted by Gasteiger charge is 2.10. The highest BCUT2D eigenvalue weighted by molar-refractivity contribution is 6.32. The summed E-state index contributed by atoms with van der Waals surface area (Å²) in [7, 11) is 0. The van der Waals surface area contributed by atoms with Gasteiger partial charge in [-0.1, -0.05) is 17.7 Å². The second-order valence-corrected chi connectivity index (χ2v) is 6.18. The average Bonchev–Trinajstić information content (AvgIpc) is 2.58. The predicted octanol–water partition coefficient (Wildman–Crippen LogP) is 3.51. The maximum absolute atomic E-state index is 6.13. The second-order valence-electron chi connectivity index (χ2n) is 5.77. The second kappa shape index (κ2) is 7.62. The van der Waals surface area contributed by atoms with E-state index in [9.17, 15) is 0 Å². The molecule has 0 spiro atoms. The lowest BCUT2D eigenvalue weighted by Crippen LogP contribution is -2.10. The molecule has 0 amide bonds. The fourth-order valence-corrected chi connectivity index (χ4v) is 2.96. The zero-order chi connectivity index (χ0) is 16.1. The van der Waals surface area contributed by atoms with Crippen LogP contribution in [0.5, 0.6) is 0 Å². The standard InChI is InChI=1S/C17H22ClN5/c18-15-11-21-17(23-16(15)20-9-3-8-19)22-14-7-6-12-4-1-2-5-13(12)10-14/h6-7,10-11H,1-5,8-9,19H2,(H2,20,21,22,23). The van der Waals surface area contributed by atoms with Crippen molar-refractivity contribution in [3.63, 3.8) is 0 Å². The molecule has 0 unspecified atom stereocenters. The topological polar surface area (TPSA) is 75.9 Å². The van der Waals surface area contributed by atoms with Gasteiger partial charge in [0, 0.05) is 12.2 Å². The first-order valence-corrected chi connectivity index (χ1v) is 8.49. The minimum atomic E-state index is 0.512. The van der Waals surface area contributed by atoms with E-state index >= 15 is 0 Å². The summed E-state index contributed by atoms with van der Waals surface area (Å²) in [5, 5.41) is 6.97. The molecule has 0 saturated heterocycles. The molecule has 0 saturated carbocycles. The number of aryl methyl sites for hydroxylation is 2. The van der Waals surface area contributed by atoms with Crippen molar-refractivity contribution >= 4 is 29.1 Å². The van der Waals surface area contributed by atoms with Crippen LogP contribution < -0.4 is 16.4 Å². The van der Waals surface area contributed by atoms with E-state index < -0.39 is 0 Å². The van der Waals surface area contributed by atoms with Gasteiger partial charge >= 0.3 is 0 Å². The van der Waals surface area contributed by atoms with Crippen LogP contribution in [-0.4, -0.2) is 23.1 Å². The van der Waals surface area contributed by atoms with Crippen molar-refractivity contribution in [1.82, 2.24) is 9.97 Å². The monoisotopic (exact) mass is 331 g/mol. The number of halogens is 1. The van der Waals surface area contributed by atoms with Crippen molar-refractivity contribution in [2.24, 2.45) is 5.73 Å². The van der Waals surface area contributed by atoms with Gasteiger partial charge in [-0.15, -0.1) is 0 Å². The van der Waals surface area contributed by atoms with Gasteiger partial charge in [0.25, 0.3) is 0 Å². The molecule has 1 heterocycles. The van der Waals surface area contributed by atoms with Gasteiger partial charge in [0.05, 0.1) is 6.20 Å². The SMILES string of the molecule is NCCCNc1nc(Nc2ccc3c(c2)CCCC3)ncc1Cl. The van der Waals surface area contributed by atoms with Gasteiger partial charge in [0.1, 0.15) is 10.8 Å². The maximum Gasteiger partial charge on any atom is 0.229 e. The van der Waals surface area contributed by atoms with Crippen molar-refractivity contribution in [3.05, 3.63) is 40.5 Å². The first-order valence-electron chi connectivity index (χ1n) is 8.11. The third-order valence-electron chi connectivity index (χ3n) is 4.02. The lowest BCUT2D eigenvalue weighted by molar-refractivity contribution is 0.686. The van der Waals surface area contributed by atoms with E-state index in [2.05, 4.69) is 38.8 Å². The van der Waals surface area contributed by atoms with Crippen LogP contribution in [0.1, 0.15) is 30.4 Å². The molecule has 2 aromatic rings. The first kappa shape index (κ1) is 16.0. The zero-order valence-corrected chi connectivity index (χ0v) is 13.9. The fraction of sp³-hybridized carbons (Fsp3) is 0.412. The molecule has 5 nitrogen and oxygen atoms in total. The molecule has 23 heavy (non-hydrogen) atoms. The van der Waals surface area contributed by atoms with E-state index in [1.165, 1.54) is 30.4 Å². The van der Waals surface area contributed by atoms with E-state index in [4.69, 9.17) is 17.3 Å². The molecule has 0 fully saturated rings. The van der Waals surface area contributed by atoms with Crippen LogP contribution in [0.15, 0.2) is 24.4 Å². The number of nitrogens with one attached hydrogen (secondary N) is 2. The summed E-state index contributed by atoms with van der Waals surface area (Å²) in [4.78, 5) is 8.70. The molecule has 0 bridgehead atoms. The van der Waals surface area contributed by atoms with Gasteiger partial charge in [-0.05, 0) is 61.9 Å². The molecule has 0 aliphatic heterocycles. The first-order chi connectivity index (χ1) is 11.3. The molecule has 4 N–H and O–H groups in total. The fourth-order valence-electron chi connectivity index (χ4n) is 2.80. The summed E-state index contributed by atoms with van der Waals surface area (Å²) in [5.74, 6) is 1.18. The van der Waals surface area contributed by atoms with E-state index in [1.54, 1.807) is 6.20 Å². The molecular weight excluding hydrogens is 310 g/mol. The minimum absolute atomic E-state index is 0.512. The smallest absolute Gasteiger partial charge is 0.229 e. The number of nitrogens with two attached hydrogens (primary N) is 1. The third-order valence-corrected chi connectivity index (χ3v) is 4.30. The van der Waals surface area contributed by atoms with Crippen molar-refractivity contribution in [2.45, 2.75) is 32.1 Å². The van der Waals surface area contributed by atoms with Crippen LogP contribution in [-0.2, 0) is 12.8 Å². The molecule has 6 heteroatoms. The Morgan fingerprint density at radius 3 is 2.83 bits per heavy atom. The Labute approximate surface area is 141 Å². The predicted molar refractivity (Wildman–Crippen MR) is 95.6 cm³/mol. The van der Waals surface area contributed by atoms with Crippen LogP contribution in [0.3, 0.4) is 0 Å². The molecule has 0 radical (unpaired) electrons. The third kappa shape index (κ3) is 4.12. The number of benzene rings is 1. The van der Waals surface area contributed by atoms with Gasteiger partial charge in [-0.25, -0.2) is 4.98 Å². The van der Waals surface area contributed by atoms with Crippen molar-refractivity contribution in [2.75, 3.05) is 23.7 Å². The largest absolute Gasteiger partial charge is 0.369 e. The summed E-state index contributed by atoms with van der Waals surface area (Å²) >= 11 is 6.13. The van der Waals surface area contributed by atoms with Crippen LogP contribution in [0.2, 0.25) is 5.02 Å². The summed E-state index contributed by atoms with van der Waals surface area (Å²) in [6, 6.07) is 6.49. The summed E-state index contributed by atoms with van der Waals surface area (Å²) in [6.07, 6.45) is 7.37. The van der Waals surface area contributed by atoms with Gasteiger partial charge < -0.3 is 16.4 Å². The van der Waals surface area contributed by atoms with E-state index in [1.807, 2.05) is 0 Å². The number of aromatic nitrogens is 2. The number of anilines is 3. The summed E-state index contributed by atoms with van der Waals surface area (Å²) in [5.41, 5.74) is 9.40. The number of nitrogens with zero attached hydrogens (tertiary/aromatic N) is 2. The van der Waals surface area contributed by atoms with E-state index in [-0.39, 0.29) is 0 Å². The van der Waals surface area contributed by atoms with Crippen LogP contribution in [0.4, 0.5) is 17.5 Å². The Hall–Kier alpha value is -1.85. The minimum Gasteiger partial charge on any atom is -0.369 e. The summed E-state index contributed by atoms with van der Waals surface area (Å²) in [6.45, 7) is 1.38. The zero-order valence-electron chi connectivity index (χ0n) is 13.1. The van der Waals surface area contributed by atoms with Crippen molar-refractivity contribution < 1.29 is 0 Å². The van der Waals surface area contributed by atoms with Gasteiger partial charge in [0.15, 0.2) is 0 Å². The quantitative estimate of drug-likeness (QED) is 0.706. The van der Waals surface area contributed by atoms with Crippen LogP contribution >= 0.6 is 11.6 Å². The number of rotatable bonds is 6. The molecule has 3 rings (SSSR count). The van der Waals surface area contributed by atoms with E-state index in [0.717, 1.165) is 25.1 Å². The van der Waals surface area contributed by atoms with Gasteiger partial charge in [-0.3, -0.25) is 0 Å². The van der Waals surface area contributed by atoms with Crippen LogP contribution in [0, 0.1) is 0 Å². The Morgan fingerprint density at radius 2 is 2.00 bits per heavy atom. The Morgan fingerprint density at radius 1 is 1.17 bits per heavy atom. The maximum atomic E-state index is 6.13. The number of hydrogen-bond acceptors (Lipinski definition) is 5. The van der Waals surface area contributed by atoms with Crippen molar-refractivity contribution in [3.8, 4) is 0 Å². The Balaban J connectivity index is 1.73. The highest BCUT2D eigenvalue weighted by atomic mass is 35.5. The Kier molecular flexibility index (Phi) is 5.31. The highest BCUT2D eigenvalue weighted by Crippen LogP contribution is 2.26. The average molecular weight is 332 g/mol. The Bertz CT molecular complexity index is 674. The molecule has 1 aromatic carbocycles.